The number of hydrogen-bond acceptors (Lipinski definition) is 4. The number of rotatable bonds is 3. The van der Waals surface area contributed by atoms with Crippen LogP contribution in [0.25, 0.3) is 0 Å². The van der Waals surface area contributed by atoms with Gasteiger partial charge in [0.25, 0.3) is 0 Å². The van der Waals surface area contributed by atoms with Crippen molar-refractivity contribution in [2.24, 2.45) is 0 Å². The Labute approximate surface area is 168 Å². The second-order valence-corrected chi connectivity index (χ2v) is 9.53. The molecule has 1 N–H and O–H groups in total. The predicted octanol–water partition coefficient (Wildman–Crippen LogP) is 4.53. The fraction of sp³-hybridized carbons (Fsp3) is 0.429. The number of halogens is 3. The molecular formula is C21H23F3N2O2S. The number of anilines is 1. The maximum Gasteiger partial charge on any atom is 0.417 e. The van der Waals surface area contributed by atoms with Gasteiger partial charge in [-0.25, -0.2) is 8.42 Å². The molecule has 2 heterocycles. The number of fused-ring (bicyclic) bond motifs is 3. The average molecular weight is 424 g/mol. The lowest BCUT2D eigenvalue weighted by atomic mass is 9.91. The summed E-state index contributed by atoms with van der Waals surface area (Å²) >= 11 is 0. The summed E-state index contributed by atoms with van der Waals surface area (Å²) in [6, 6.07) is 9.23. The molecule has 4 rings (SSSR count). The van der Waals surface area contributed by atoms with E-state index in [9.17, 15) is 21.6 Å². The zero-order valence-electron chi connectivity index (χ0n) is 16.0. The third-order valence-corrected chi connectivity index (χ3v) is 7.81. The molecule has 0 aliphatic carbocycles. The summed E-state index contributed by atoms with van der Waals surface area (Å²) < 4.78 is 66.3. The molecule has 2 atom stereocenters. The van der Waals surface area contributed by atoms with E-state index in [4.69, 9.17) is 0 Å². The second kappa shape index (κ2) is 7.32. The number of nitrogens with zero attached hydrogens (tertiary/aromatic N) is 1. The van der Waals surface area contributed by atoms with Crippen LogP contribution in [0.3, 0.4) is 0 Å². The van der Waals surface area contributed by atoms with E-state index in [1.54, 1.807) is 12.1 Å². The van der Waals surface area contributed by atoms with Crippen LogP contribution in [0, 0.1) is 0 Å². The van der Waals surface area contributed by atoms with Crippen LogP contribution in [0.1, 0.15) is 36.8 Å². The lowest BCUT2D eigenvalue weighted by Crippen LogP contribution is -2.25. The van der Waals surface area contributed by atoms with Gasteiger partial charge in [-0.15, -0.1) is 0 Å². The summed E-state index contributed by atoms with van der Waals surface area (Å²) in [5.74, 6) is 0.162. The van der Waals surface area contributed by atoms with Crippen molar-refractivity contribution in [1.29, 1.82) is 0 Å². The van der Waals surface area contributed by atoms with Crippen LogP contribution in [-0.4, -0.2) is 39.0 Å². The van der Waals surface area contributed by atoms with Gasteiger partial charge in [-0.2, -0.15) is 13.2 Å². The Morgan fingerprint density at radius 2 is 1.83 bits per heavy atom. The third kappa shape index (κ3) is 3.64. The molecule has 156 valence electrons. The van der Waals surface area contributed by atoms with E-state index < -0.39 is 26.5 Å². The molecule has 29 heavy (non-hydrogen) atoms. The van der Waals surface area contributed by atoms with Gasteiger partial charge in [0.05, 0.1) is 15.4 Å². The molecule has 2 aliphatic rings. The highest BCUT2D eigenvalue weighted by atomic mass is 32.2. The summed E-state index contributed by atoms with van der Waals surface area (Å²) in [4.78, 5) is 1.57. The number of benzene rings is 2. The summed E-state index contributed by atoms with van der Waals surface area (Å²) in [5.41, 5.74) is 0.635. The Kier molecular flexibility index (Phi) is 5.11. The highest BCUT2D eigenvalue weighted by molar-refractivity contribution is 7.91. The summed E-state index contributed by atoms with van der Waals surface area (Å²) in [5, 5.41) is 3.47. The Morgan fingerprint density at radius 3 is 2.55 bits per heavy atom. The van der Waals surface area contributed by atoms with Crippen LogP contribution >= 0.6 is 0 Å². The molecule has 2 aromatic rings. The summed E-state index contributed by atoms with van der Waals surface area (Å²) in [7, 11) is -4.29. The summed E-state index contributed by atoms with van der Waals surface area (Å²) in [6.45, 7) is 4.98. The fourth-order valence-electron chi connectivity index (χ4n) is 4.43. The smallest absolute Gasteiger partial charge is 0.381 e. The molecule has 2 aliphatic heterocycles. The first-order chi connectivity index (χ1) is 13.7. The van der Waals surface area contributed by atoms with Crippen molar-refractivity contribution in [1.82, 2.24) is 4.90 Å². The standard InChI is InChI=1S/C21H23F3N2O2S/c1-2-26-11-9-15-16-13-14(7-8-18(16)25-19(15)10-12-26)29(27,28)20-6-4-3-5-17(20)21(22,23)24/h3-8,13,15,19,25H,2,9-12H2,1H3/t15-,19?/m1/s1. The van der Waals surface area contributed by atoms with Crippen LogP contribution in [0.2, 0.25) is 0 Å². The van der Waals surface area contributed by atoms with Crippen LogP contribution < -0.4 is 5.32 Å². The maximum atomic E-state index is 13.4. The molecule has 0 aromatic heterocycles. The molecule has 8 heteroatoms. The Bertz CT molecular complexity index is 1020. The molecule has 1 saturated heterocycles. The molecule has 0 bridgehead atoms. The second-order valence-electron chi connectivity index (χ2n) is 7.62. The van der Waals surface area contributed by atoms with Gasteiger partial charge >= 0.3 is 6.18 Å². The van der Waals surface area contributed by atoms with Crippen molar-refractivity contribution in [2.75, 3.05) is 25.0 Å². The van der Waals surface area contributed by atoms with Crippen molar-refractivity contribution < 1.29 is 21.6 Å². The molecule has 2 aromatic carbocycles. The first-order valence-electron chi connectivity index (χ1n) is 9.76. The summed E-state index contributed by atoms with van der Waals surface area (Å²) in [6.07, 6.45) is -2.90. The van der Waals surface area contributed by atoms with Gasteiger partial charge < -0.3 is 10.2 Å². The molecule has 1 unspecified atom stereocenters. The lowest BCUT2D eigenvalue weighted by Gasteiger charge is -2.18. The molecule has 0 spiro atoms. The minimum atomic E-state index is -4.74. The van der Waals surface area contributed by atoms with E-state index in [-0.39, 0.29) is 16.9 Å². The van der Waals surface area contributed by atoms with E-state index in [0.717, 1.165) is 55.9 Å². The van der Waals surface area contributed by atoms with Crippen molar-refractivity contribution in [2.45, 2.75) is 47.7 Å². The van der Waals surface area contributed by atoms with E-state index in [1.165, 1.54) is 18.2 Å². The Morgan fingerprint density at radius 1 is 1.10 bits per heavy atom. The number of sulfone groups is 1. The number of likely N-dealkylation sites (tertiary alicyclic amines) is 1. The first kappa shape index (κ1) is 20.2. The highest BCUT2D eigenvalue weighted by Crippen LogP contribution is 2.43. The van der Waals surface area contributed by atoms with Crippen LogP contribution in [0.4, 0.5) is 18.9 Å². The van der Waals surface area contributed by atoms with Gasteiger partial charge in [0.2, 0.25) is 9.84 Å². The highest BCUT2D eigenvalue weighted by Gasteiger charge is 2.39. The number of nitrogens with one attached hydrogen (secondary N) is 1. The topological polar surface area (TPSA) is 49.4 Å². The first-order valence-corrected chi connectivity index (χ1v) is 11.2. The van der Waals surface area contributed by atoms with E-state index in [0.29, 0.717) is 0 Å². The van der Waals surface area contributed by atoms with Crippen molar-refractivity contribution in [3.63, 3.8) is 0 Å². The third-order valence-electron chi connectivity index (χ3n) is 6.00. The number of hydrogen-bond donors (Lipinski definition) is 1. The minimum Gasteiger partial charge on any atom is -0.381 e. The van der Waals surface area contributed by atoms with Crippen molar-refractivity contribution in [3.05, 3.63) is 53.6 Å². The normalized spacial score (nSPS) is 22.5. The largest absolute Gasteiger partial charge is 0.417 e. The van der Waals surface area contributed by atoms with Gasteiger partial charge in [0.15, 0.2) is 0 Å². The van der Waals surface area contributed by atoms with Gasteiger partial charge in [-0.05, 0) is 61.8 Å². The van der Waals surface area contributed by atoms with E-state index >= 15 is 0 Å². The van der Waals surface area contributed by atoms with Crippen molar-refractivity contribution >= 4 is 15.5 Å². The molecular weight excluding hydrogens is 401 g/mol. The Hall–Kier alpha value is -2.06. The monoisotopic (exact) mass is 424 g/mol. The van der Waals surface area contributed by atoms with Gasteiger partial charge in [0, 0.05) is 24.2 Å². The lowest BCUT2D eigenvalue weighted by molar-refractivity contribution is -0.139. The van der Waals surface area contributed by atoms with Crippen LogP contribution in [-0.2, 0) is 16.0 Å². The zero-order chi connectivity index (χ0) is 20.8. The minimum absolute atomic E-state index is 0.0907. The van der Waals surface area contributed by atoms with Crippen LogP contribution in [0.5, 0.6) is 0 Å². The van der Waals surface area contributed by atoms with Crippen molar-refractivity contribution in [3.8, 4) is 0 Å². The van der Waals surface area contributed by atoms with Gasteiger partial charge in [0.1, 0.15) is 0 Å². The average Bonchev–Trinajstić information content (AvgIpc) is 2.91. The van der Waals surface area contributed by atoms with E-state index in [2.05, 4.69) is 17.1 Å². The SMILES string of the molecule is CCN1CCC2Nc3ccc(S(=O)(=O)c4ccccc4C(F)(F)F)cc3[C@H]2CC1. The Balaban J connectivity index is 1.73. The molecule has 0 saturated carbocycles. The van der Waals surface area contributed by atoms with Gasteiger partial charge in [-0.1, -0.05) is 19.1 Å². The zero-order valence-corrected chi connectivity index (χ0v) is 16.9. The van der Waals surface area contributed by atoms with Crippen LogP contribution in [0.15, 0.2) is 52.3 Å². The molecule has 4 nitrogen and oxygen atoms in total. The fourth-order valence-corrected chi connectivity index (χ4v) is 5.94. The maximum absolute atomic E-state index is 13.4. The van der Waals surface area contributed by atoms with Gasteiger partial charge in [-0.3, -0.25) is 0 Å². The predicted molar refractivity (Wildman–Crippen MR) is 105 cm³/mol. The molecule has 0 radical (unpaired) electrons. The quantitative estimate of drug-likeness (QED) is 0.787. The van der Waals surface area contributed by atoms with E-state index in [1.807, 2.05) is 0 Å². The molecule has 0 amide bonds. The number of alkyl halides is 3. The molecule has 1 fully saturated rings.